The summed E-state index contributed by atoms with van der Waals surface area (Å²) in [5.74, 6) is 5.06. The van der Waals surface area contributed by atoms with Crippen LogP contribution in [0.5, 0.6) is 0 Å². The van der Waals surface area contributed by atoms with Crippen molar-refractivity contribution in [2.75, 3.05) is 26.7 Å². The van der Waals surface area contributed by atoms with Gasteiger partial charge in [0.1, 0.15) is 0 Å². The lowest BCUT2D eigenvalue weighted by Crippen LogP contribution is -2.39. The van der Waals surface area contributed by atoms with E-state index in [1.54, 1.807) is 12.3 Å². The maximum Gasteiger partial charge on any atom is 0.255 e. The monoisotopic (exact) mass is 274 g/mol. The molecule has 0 unspecified atom stereocenters. The van der Waals surface area contributed by atoms with E-state index in [0.29, 0.717) is 17.7 Å². The summed E-state index contributed by atoms with van der Waals surface area (Å²) in [4.78, 5) is 29.1. The zero-order chi connectivity index (χ0) is 15.0. The molecule has 2 amide bonds. The second kappa shape index (κ2) is 7.92. The zero-order valence-corrected chi connectivity index (χ0v) is 11.6. The lowest BCUT2D eigenvalue weighted by molar-refractivity contribution is -0.121. The summed E-state index contributed by atoms with van der Waals surface area (Å²) < 4.78 is 0. The fourth-order valence-corrected chi connectivity index (χ4v) is 1.54. The molecule has 6 nitrogen and oxygen atoms in total. The number of nitrogens with one attached hydrogen (secondary N) is 1. The fourth-order valence-electron chi connectivity index (χ4n) is 1.54. The number of likely N-dealkylation sites (N-methyl/N-ethyl adjacent to an activating group) is 2. The first-order chi connectivity index (χ1) is 9.62. The standard InChI is InChI=1S/C14H18N4O2/c1-3-18(10-13(19)16-2)14(20)12-7-11(5-4-6-15)8-17-9-12/h7-9H,3,6,10,15H2,1-2H3,(H,16,19). The van der Waals surface area contributed by atoms with Gasteiger partial charge in [0.2, 0.25) is 5.91 Å². The molecular weight excluding hydrogens is 256 g/mol. The second-order valence-corrected chi connectivity index (χ2v) is 3.96. The number of rotatable bonds is 4. The Morgan fingerprint density at radius 2 is 2.20 bits per heavy atom. The van der Waals surface area contributed by atoms with Crippen LogP contribution in [0.2, 0.25) is 0 Å². The molecule has 6 heteroatoms. The lowest BCUT2D eigenvalue weighted by Gasteiger charge is -2.19. The summed E-state index contributed by atoms with van der Waals surface area (Å²) in [7, 11) is 1.53. The third-order valence-corrected chi connectivity index (χ3v) is 2.60. The Labute approximate surface area is 118 Å². The highest BCUT2D eigenvalue weighted by Crippen LogP contribution is 2.06. The molecule has 0 saturated carbocycles. The molecule has 1 rings (SSSR count). The van der Waals surface area contributed by atoms with Crippen molar-refractivity contribution >= 4 is 11.8 Å². The number of hydrogen-bond donors (Lipinski definition) is 2. The Balaban J connectivity index is 2.92. The highest BCUT2D eigenvalue weighted by atomic mass is 16.2. The van der Waals surface area contributed by atoms with Crippen molar-refractivity contribution in [3.63, 3.8) is 0 Å². The number of carbonyl (C=O) groups is 2. The molecule has 0 spiro atoms. The summed E-state index contributed by atoms with van der Waals surface area (Å²) >= 11 is 0. The predicted molar refractivity (Wildman–Crippen MR) is 75.8 cm³/mol. The first-order valence-electron chi connectivity index (χ1n) is 6.26. The first kappa shape index (κ1) is 15.7. The van der Waals surface area contributed by atoms with E-state index in [2.05, 4.69) is 22.1 Å². The Hall–Kier alpha value is -2.39. The molecule has 0 aliphatic heterocycles. The van der Waals surface area contributed by atoms with E-state index in [1.165, 1.54) is 18.1 Å². The summed E-state index contributed by atoms with van der Waals surface area (Å²) in [6.07, 6.45) is 3.02. The minimum absolute atomic E-state index is 0.0184. The van der Waals surface area contributed by atoms with Crippen molar-refractivity contribution in [2.45, 2.75) is 6.92 Å². The molecule has 20 heavy (non-hydrogen) atoms. The molecule has 0 fully saturated rings. The Morgan fingerprint density at radius 3 is 2.80 bits per heavy atom. The van der Waals surface area contributed by atoms with Gasteiger partial charge in [-0.05, 0) is 13.0 Å². The molecule has 0 radical (unpaired) electrons. The first-order valence-corrected chi connectivity index (χ1v) is 6.26. The molecule has 106 valence electrons. The van der Waals surface area contributed by atoms with Gasteiger partial charge in [-0.1, -0.05) is 11.8 Å². The molecule has 0 aliphatic rings. The van der Waals surface area contributed by atoms with Crippen LogP contribution in [0.15, 0.2) is 18.5 Å². The van der Waals surface area contributed by atoms with Gasteiger partial charge in [-0.25, -0.2) is 0 Å². The average Bonchev–Trinajstić information content (AvgIpc) is 2.49. The molecule has 0 aliphatic carbocycles. The molecule has 0 bridgehead atoms. The summed E-state index contributed by atoms with van der Waals surface area (Å²) in [6.45, 7) is 2.51. The van der Waals surface area contributed by atoms with Gasteiger partial charge < -0.3 is 16.0 Å². The van der Waals surface area contributed by atoms with Crippen molar-refractivity contribution in [3.8, 4) is 11.8 Å². The van der Waals surface area contributed by atoms with Crippen LogP contribution in [0.4, 0.5) is 0 Å². The normalized spacial score (nSPS) is 9.35. The van der Waals surface area contributed by atoms with Crippen molar-refractivity contribution in [1.82, 2.24) is 15.2 Å². The van der Waals surface area contributed by atoms with Crippen molar-refractivity contribution in [3.05, 3.63) is 29.6 Å². The van der Waals surface area contributed by atoms with E-state index >= 15 is 0 Å². The number of hydrogen-bond acceptors (Lipinski definition) is 4. The van der Waals surface area contributed by atoms with Gasteiger partial charge >= 0.3 is 0 Å². The second-order valence-electron chi connectivity index (χ2n) is 3.96. The molecule has 0 aromatic carbocycles. The van der Waals surface area contributed by atoms with Crippen molar-refractivity contribution in [2.24, 2.45) is 5.73 Å². The zero-order valence-electron chi connectivity index (χ0n) is 11.6. The Bertz CT molecular complexity index is 546. The largest absolute Gasteiger partial charge is 0.358 e. The molecule has 0 saturated heterocycles. The smallest absolute Gasteiger partial charge is 0.255 e. The Kier molecular flexibility index (Phi) is 6.20. The lowest BCUT2D eigenvalue weighted by atomic mass is 10.2. The average molecular weight is 274 g/mol. The van der Waals surface area contributed by atoms with E-state index < -0.39 is 0 Å². The number of pyridine rings is 1. The fraction of sp³-hybridized carbons (Fsp3) is 0.357. The number of nitrogens with two attached hydrogens (primary N) is 1. The quantitative estimate of drug-likeness (QED) is 0.731. The van der Waals surface area contributed by atoms with Crippen LogP contribution in [0.3, 0.4) is 0 Å². The van der Waals surface area contributed by atoms with E-state index in [4.69, 9.17) is 5.73 Å². The SMILES string of the molecule is CCN(CC(=O)NC)C(=O)c1cncc(C#CCN)c1. The van der Waals surface area contributed by atoms with Crippen LogP contribution in [-0.4, -0.2) is 48.4 Å². The number of amides is 2. The molecule has 0 atom stereocenters. The van der Waals surface area contributed by atoms with Gasteiger partial charge in [-0.15, -0.1) is 0 Å². The summed E-state index contributed by atoms with van der Waals surface area (Å²) in [5, 5.41) is 2.49. The van der Waals surface area contributed by atoms with E-state index in [-0.39, 0.29) is 24.9 Å². The minimum Gasteiger partial charge on any atom is -0.358 e. The predicted octanol–water partition coefficient (Wildman–Crippen LogP) is -0.400. The van der Waals surface area contributed by atoms with Gasteiger partial charge in [-0.3, -0.25) is 14.6 Å². The van der Waals surface area contributed by atoms with Gasteiger partial charge in [0.05, 0.1) is 18.7 Å². The van der Waals surface area contributed by atoms with E-state index in [1.807, 2.05) is 6.92 Å². The molecule has 3 N–H and O–H groups in total. The topological polar surface area (TPSA) is 88.3 Å². The van der Waals surface area contributed by atoms with Crippen molar-refractivity contribution in [1.29, 1.82) is 0 Å². The molecular formula is C14H18N4O2. The number of aromatic nitrogens is 1. The molecule has 1 aromatic heterocycles. The third kappa shape index (κ3) is 4.37. The minimum atomic E-state index is -0.250. The van der Waals surface area contributed by atoms with Crippen LogP contribution >= 0.6 is 0 Å². The molecule has 1 heterocycles. The van der Waals surface area contributed by atoms with Crippen LogP contribution in [0.25, 0.3) is 0 Å². The summed E-state index contributed by atoms with van der Waals surface area (Å²) in [6, 6.07) is 1.64. The van der Waals surface area contributed by atoms with Crippen LogP contribution in [0, 0.1) is 11.8 Å². The third-order valence-electron chi connectivity index (χ3n) is 2.60. The van der Waals surface area contributed by atoms with E-state index in [9.17, 15) is 9.59 Å². The van der Waals surface area contributed by atoms with Gasteiger partial charge in [0, 0.05) is 31.5 Å². The maximum absolute atomic E-state index is 12.3. The molecule has 1 aromatic rings. The van der Waals surface area contributed by atoms with Gasteiger partial charge in [0.25, 0.3) is 5.91 Å². The highest BCUT2D eigenvalue weighted by Gasteiger charge is 2.17. The number of nitrogens with zero attached hydrogens (tertiary/aromatic N) is 2. The highest BCUT2D eigenvalue weighted by molar-refractivity contribution is 5.96. The van der Waals surface area contributed by atoms with Crippen LogP contribution < -0.4 is 11.1 Å². The van der Waals surface area contributed by atoms with Crippen LogP contribution in [-0.2, 0) is 4.79 Å². The Morgan fingerprint density at radius 1 is 1.45 bits per heavy atom. The van der Waals surface area contributed by atoms with Crippen molar-refractivity contribution < 1.29 is 9.59 Å². The maximum atomic E-state index is 12.3. The van der Waals surface area contributed by atoms with E-state index in [0.717, 1.165) is 0 Å². The summed E-state index contributed by atoms with van der Waals surface area (Å²) in [5.41, 5.74) is 6.33. The van der Waals surface area contributed by atoms with Gasteiger partial charge in [0.15, 0.2) is 0 Å². The van der Waals surface area contributed by atoms with Gasteiger partial charge in [-0.2, -0.15) is 0 Å². The number of carbonyl (C=O) groups excluding carboxylic acids is 2. The van der Waals surface area contributed by atoms with Crippen LogP contribution in [0.1, 0.15) is 22.8 Å².